The zero-order chi connectivity index (χ0) is 15.1. The molecule has 2 rings (SSSR count). The van der Waals surface area contributed by atoms with Gasteiger partial charge in [-0.15, -0.1) is 0 Å². The Balaban J connectivity index is 2.25. The van der Waals surface area contributed by atoms with Crippen molar-refractivity contribution < 1.29 is 0 Å². The van der Waals surface area contributed by atoms with Gasteiger partial charge in [-0.25, -0.2) is 0 Å². The minimum absolute atomic E-state index is 0.425. The number of rotatable bonds is 8. The Morgan fingerprint density at radius 1 is 0.952 bits per heavy atom. The van der Waals surface area contributed by atoms with Crippen LogP contribution in [-0.4, -0.2) is 6.54 Å². The summed E-state index contributed by atoms with van der Waals surface area (Å²) >= 11 is 6.34. The molecule has 0 heterocycles. The summed E-state index contributed by atoms with van der Waals surface area (Å²) in [6.07, 6.45) is 6.42. The van der Waals surface area contributed by atoms with Gasteiger partial charge in [-0.05, 0) is 30.0 Å². The van der Waals surface area contributed by atoms with E-state index in [1.807, 2.05) is 6.07 Å². The standard InChI is InChI=1S/C19H26ClN/c1-3-5-6-7-12-19(21-4-2)17-13-14-18(20)16-11-9-8-10-15(16)17/h8-11,13-14,19,21H,3-7,12H2,1-2H3. The maximum atomic E-state index is 6.34. The second-order valence-corrected chi connectivity index (χ2v) is 6.05. The molecule has 114 valence electrons. The Morgan fingerprint density at radius 2 is 1.71 bits per heavy atom. The first-order chi connectivity index (χ1) is 10.3. The smallest absolute Gasteiger partial charge is 0.0484 e. The van der Waals surface area contributed by atoms with Gasteiger partial charge in [0.2, 0.25) is 0 Å². The molecule has 0 radical (unpaired) electrons. The lowest BCUT2D eigenvalue weighted by atomic mass is 9.94. The first-order valence-electron chi connectivity index (χ1n) is 8.18. The number of halogens is 1. The van der Waals surface area contributed by atoms with Crippen LogP contribution in [0.15, 0.2) is 36.4 Å². The lowest BCUT2D eigenvalue weighted by molar-refractivity contribution is 0.484. The number of hydrogen-bond acceptors (Lipinski definition) is 1. The monoisotopic (exact) mass is 303 g/mol. The van der Waals surface area contributed by atoms with Crippen molar-refractivity contribution in [1.82, 2.24) is 5.32 Å². The molecule has 0 bridgehead atoms. The highest BCUT2D eigenvalue weighted by atomic mass is 35.5. The Morgan fingerprint density at radius 3 is 2.43 bits per heavy atom. The van der Waals surface area contributed by atoms with Crippen LogP contribution < -0.4 is 5.32 Å². The van der Waals surface area contributed by atoms with Crippen LogP contribution >= 0.6 is 11.6 Å². The van der Waals surface area contributed by atoms with E-state index in [1.54, 1.807) is 0 Å². The van der Waals surface area contributed by atoms with Crippen LogP contribution in [0.1, 0.15) is 57.6 Å². The van der Waals surface area contributed by atoms with Gasteiger partial charge in [0.15, 0.2) is 0 Å². The van der Waals surface area contributed by atoms with E-state index in [9.17, 15) is 0 Å². The zero-order valence-electron chi connectivity index (χ0n) is 13.2. The van der Waals surface area contributed by atoms with Crippen LogP contribution in [0.25, 0.3) is 10.8 Å². The minimum Gasteiger partial charge on any atom is -0.310 e. The van der Waals surface area contributed by atoms with E-state index in [0.29, 0.717) is 6.04 Å². The fraction of sp³-hybridized carbons (Fsp3) is 0.474. The van der Waals surface area contributed by atoms with Crippen molar-refractivity contribution in [2.75, 3.05) is 6.54 Å². The SMILES string of the molecule is CCCCCCC(NCC)c1ccc(Cl)c2ccccc12. The molecule has 0 aromatic heterocycles. The number of benzene rings is 2. The summed E-state index contributed by atoms with van der Waals surface area (Å²) < 4.78 is 0. The number of fused-ring (bicyclic) bond motifs is 1. The van der Waals surface area contributed by atoms with Crippen molar-refractivity contribution in [3.8, 4) is 0 Å². The van der Waals surface area contributed by atoms with Gasteiger partial charge < -0.3 is 5.32 Å². The summed E-state index contributed by atoms with van der Waals surface area (Å²) in [5, 5.41) is 6.93. The van der Waals surface area contributed by atoms with Crippen molar-refractivity contribution in [1.29, 1.82) is 0 Å². The van der Waals surface area contributed by atoms with Gasteiger partial charge in [-0.2, -0.15) is 0 Å². The summed E-state index contributed by atoms with van der Waals surface area (Å²) in [4.78, 5) is 0. The molecule has 1 nitrogen and oxygen atoms in total. The van der Waals surface area contributed by atoms with Crippen LogP contribution in [0.2, 0.25) is 5.02 Å². The van der Waals surface area contributed by atoms with Gasteiger partial charge in [0.1, 0.15) is 0 Å². The highest BCUT2D eigenvalue weighted by Crippen LogP contribution is 2.32. The summed E-state index contributed by atoms with van der Waals surface area (Å²) in [5.41, 5.74) is 1.38. The van der Waals surface area contributed by atoms with Crippen LogP contribution in [0.3, 0.4) is 0 Å². The zero-order valence-corrected chi connectivity index (χ0v) is 13.9. The summed E-state index contributed by atoms with van der Waals surface area (Å²) in [6.45, 7) is 5.43. The average molecular weight is 304 g/mol. The maximum Gasteiger partial charge on any atom is 0.0484 e. The van der Waals surface area contributed by atoms with Crippen molar-refractivity contribution in [3.63, 3.8) is 0 Å². The molecule has 1 atom stereocenters. The molecule has 21 heavy (non-hydrogen) atoms. The summed E-state index contributed by atoms with van der Waals surface area (Å²) in [6, 6.07) is 13.1. The molecule has 2 aromatic rings. The molecule has 0 saturated carbocycles. The van der Waals surface area contributed by atoms with Gasteiger partial charge >= 0.3 is 0 Å². The third-order valence-electron chi connectivity index (χ3n) is 4.08. The normalized spacial score (nSPS) is 12.7. The topological polar surface area (TPSA) is 12.0 Å². The van der Waals surface area contributed by atoms with Gasteiger partial charge in [0.25, 0.3) is 0 Å². The van der Waals surface area contributed by atoms with Gasteiger partial charge in [0, 0.05) is 16.5 Å². The van der Waals surface area contributed by atoms with E-state index in [4.69, 9.17) is 11.6 Å². The van der Waals surface area contributed by atoms with Crippen LogP contribution in [0.4, 0.5) is 0 Å². The van der Waals surface area contributed by atoms with E-state index in [0.717, 1.165) is 17.0 Å². The number of nitrogens with one attached hydrogen (secondary N) is 1. The first-order valence-corrected chi connectivity index (χ1v) is 8.56. The molecule has 0 fully saturated rings. The van der Waals surface area contributed by atoms with Crippen molar-refractivity contribution >= 4 is 22.4 Å². The first kappa shape index (κ1) is 16.3. The number of unbranched alkanes of at least 4 members (excludes halogenated alkanes) is 3. The maximum absolute atomic E-state index is 6.34. The molecule has 0 aliphatic carbocycles. The molecule has 1 unspecified atom stereocenters. The molecule has 2 heteroatoms. The van der Waals surface area contributed by atoms with Crippen LogP contribution in [0.5, 0.6) is 0 Å². The second-order valence-electron chi connectivity index (χ2n) is 5.64. The third-order valence-corrected chi connectivity index (χ3v) is 4.41. The largest absolute Gasteiger partial charge is 0.310 e. The predicted octanol–water partition coefficient (Wildman–Crippen LogP) is 6.11. The Hall–Kier alpha value is -1.05. The molecular weight excluding hydrogens is 278 g/mol. The second kappa shape index (κ2) is 8.41. The van der Waals surface area contributed by atoms with Crippen molar-refractivity contribution in [2.45, 2.75) is 52.0 Å². The Bertz CT molecular complexity index is 564. The molecule has 0 amide bonds. The van der Waals surface area contributed by atoms with Crippen LogP contribution in [0, 0.1) is 0 Å². The molecular formula is C19H26ClN. The molecule has 0 aliphatic heterocycles. The van der Waals surface area contributed by atoms with Crippen molar-refractivity contribution in [3.05, 3.63) is 47.0 Å². The Labute approximate surface area is 133 Å². The predicted molar refractivity (Wildman–Crippen MR) is 94.1 cm³/mol. The average Bonchev–Trinajstić information content (AvgIpc) is 2.51. The fourth-order valence-corrected chi connectivity index (χ4v) is 3.21. The highest BCUT2D eigenvalue weighted by Gasteiger charge is 2.14. The van der Waals surface area contributed by atoms with E-state index < -0.39 is 0 Å². The van der Waals surface area contributed by atoms with Crippen LogP contribution in [-0.2, 0) is 0 Å². The molecule has 0 spiro atoms. The van der Waals surface area contributed by atoms with Gasteiger partial charge in [-0.1, -0.05) is 81.5 Å². The van der Waals surface area contributed by atoms with Gasteiger partial charge in [0.05, 0.1) is 0 Å². The Kier molecular flexibility index (Phi) is 6.53. The lowest BCUT2D eigenvalue weighted by Crippen LogP contribution is -2.21. The van der Waals surface area contributed by atoms with E-state index in [-0.39, 0.29) is 0 Å². The number of hydrogen-bond donors (Lipinski definition) is 1. The molecule has 2 aromatic carbocycles. The molecule has 0 aliphatic rings. The van der Waals surface area contributed by atoms with E-state index >= 15 is 0 Å². The fourth-order valence-electron chi connectivity index (χ4n) is 2.98. The van der Waals surface area contributed by atoms with E-state index in [1.165, 1.54) is 43.1 Å². The van der Waals surface area contributed by atoms with E-state index in [2.05, 4.69) is 49.5 Å². The van der Waals surface area contributed by atoms with Crippen molar-refractivity contribution in [2.24, 2.45) is 0 Å². The highest BCUT2D eigenvalue weighted by molar-refractivity contribution is 6.35. The summed E-state index contributed by atoms with van der Waals surface area (Å²) in [7, 11) is 0. The minimum atomic E-state index is 0.425. The lowest BCUT2D eigenvalue weighted by Gasteiger charge is -2.20. The quantitative estimate of drug-likeness (QED) is 0.580. The molecule has 1 N–H and O–H groups in total. The summed E-state index contributed by atoms with van der Waals surface area (Å²) in [5.74, 6) is 0. The van der Waals surface area contributed by atoms with Gasteiger partial charge in [-0.3, -0.25) is 0 Å². The molecule has 0 saturated heterocycles. The third kappa shape index (κ3) is 4.21.